The number of rotatable bonds is 5. The van der Waals surface area contributed by atoms with Gasteiger partial charge in [-0.2, -0.15) is 12.6 Å². The van der Waals surface area contributed by atoms with Crippen LogP contribution in [0.1, 0.15) is 23.7 Å². The van der Waals surface area contributed by atoms with Gasteiger partial charge >= 0.3 is 0 Å². The highest BCUT2D eigenvalue weighted by atomic mass is 32.1. The summed E-state index contributed by atoms with van der Waals surface area (Å²) in [6.07, 6.45) is 1.93. The first-order valence-corrected chi connectivity index (χ1v) is 6.01. The molecule has 0 aromatic carbocycles. The predicted octanol–water partition coefficient (Wildman–Crippen LogP) is 2.41. The Balaban J connectivity index is 2.52. The van der Waals surface area contributed by atoms with E-state index in [9.17, 15) is 0 Å². The van der Waals surface area contributed by atoms with Gasteiger partial charge in [0.15, 0.2) is 0 Å². The highest BCUT2D eigenvalue weighted by molar-refractivity contribution is 7.79. The highest BCUT2D eigenvalue weighted by Crippen LogP contribution is 2.16. The molecule has 0 aliphatic carbocycles. The van der Waals surface area contributed by atoms with Crippen LogP contribution in [0, 0.1) is 0 Å². The summed E-state index contributed by atoms with van der Waals surface area (Å²) < 4.78 is 0. The number of nitrogens with zero attached hydrogens (tertiary/aromatic N) is 2. The van der Waals surface area contributed by atoms with Gasteiger partial charge in [-0.1, -0.05) is 13.8 Å². The number of hydrogen-bond donors (Lipinski definition) is 1. The van der Waals surface area contributed by atoms with Crippen molar-refractivity contribution in [2.75, 3.05) is 13.1 Å². The molecule has 0 saturated carbocycles. The maximum absolute atomic E-state index is 4.35. The average molecular weight is 216 g/mol. The van der Waals surface area contributed by atoms with Crippen LogP contribution < -0.4 is 0 Å². The Labute approximate surface area is 89.4 Å². The summed E-state index contributed by atoms with van der Waals surface area (Å²) in [5.74, 6) is 0.802. The summed E-state index contributed by atoms with van der Waals surface area (Å²) in [6, 6.07) is 0. The Bertz CT molecular complexity index is 244. The molecule has 0 fully saturated rings. The fourth-order valence-corrected chi connectivity index (χ4v) is 2.23. The molecule has 0 atom stereocenters. The molecule has 1 rings (SSSR count). The van der Waals surface area contributed by atoms with Gasteiger partial charge in [-0.15, -0.1) is 11.3 Å². The lowest BCUT2D eigenvalue weighted by Crippen LogP contribution is -2.21. The maximum Gasteiger partial charge on any atom is 0.107 e. The van der Waals surface area contributed by atoms with Crippen LogP contribution in [0.4, 0.5) is 0 Å². The fraction of sp³-hybridized carbons (Fsp3) is 0.667. The van der Waals surface area contributed by atoms with Crippen molar-refractivity contribution in [1.29, 1.82) is 0 Å². The van der Waals surface area contributed by atoms with E-state index in [1.165, 1.54) is 9.88 Å². The summed E-state index contributed by atoms with van der Waals surface area (Å²) >= 11 is 5.98. The van der Waals surface area contributed by atoms with Crippen LogP contribution in [0.5, 0.6) is 0 Å². The molecule has 4 heteroatoms. The van der Waals surface area contributed by atoms with Crippen molar-refractivity contribution in [3.8, 4) is 0 Å². The zero-order valence-electron chi connectivity index (χ0n) is 8.16. The first kappa shape index (κ1) is 11.0. The number of hydrogen-bond acceptors (Lipinski definition) is 4. The summed E-state index contributed by atoms with van der Waals surface area (Å²) in [5, 5.41) is 1.20. The molecule has 0 saturated heterocycles. The molecule has 2 nitrogen and oxygen atoms in total. The van der Waals surface area contributed by atoms with E-state index in [2.05, 4.69) is 36.4 Å². The van der Waals surface area contributed by atoms with Gasteiger partial charge in [0.25, 0.3) is 0 Å². The van der Waals surface area contributed by atoms with E-state index >= 15 is 0 Å². The molecule has 74 valence electrons. The number of aromatic nitrogens is 1. The van der Waals surface area contributed by atoms with Crippen molar-refractivity contribution in [3.05, 3.63) is 16.1 Å². The van der Waals surface area contributed by atoms with Gasteiger partial charge in [-0.3, -0.25) is 4.90 Å². The Hall–Kier alpha value is -0.0600. The molecular formula is C9H16N2S2. The molecule has 0 aliphatic heterocycles. The third kappa shape index (κ3) is 3.29. The van der Waals surface area contributed by atoms with E-state index in [4.69, 9.17) is 0 Å². The lowest BCUT2D eigenvalue weighted by Gasteiger charge is -2.15. The molecule has 0 amide bonds. The Morgan fingerprint density at radius 2 is 2.15 bits per heavy atom. The molecule has 0 aliphatic rings. The van der Waals surface area contributed by atoms with Crippen LogP contribution in [0.25, 0.3) is 0 Å². The monoisotopic (exact) mass is 216 g/mol. The normalized spacial score (nSPS) is 11.1. The predicted molar refractivity (Wildman–Crippen MR) is 61.4 cm³/mol. The molecule has 1 aromatic rings. The Kier molecular flexibility index (Phi) is 4.77. The van der Waals surface area contributed by atoms with Gasteiger partial charge < -0.3 is 0 Å². The quantitative estimate of drug-likeness (QED) is 0.761. The second-order valence-corrected chi connectivity index (χ2v) is 4.36. The van der Waals surface area contributed by atoms with E-state index in [1.54, 1.807) is 11.3 Å². The molecule has 0 unspecified atom stereocenters. The van der Waals surface area contributed by atoms with Crippen molar-refractivity contribution >= 4 is 24.0 Å². The van der Waals surface area contributed by atoms with Crippen LogP contribution in [-0.4, -0.2) is 23.0 Å². The highest BCUT2D eigenvalue weighted by Gasteiger charge is 2.04. The molecule has 1 aromatic heterocycles. The van der Waals surface area contributed by atoms with Crippen LogP contribution in [-0.2, 0) is 12.3 Å². The van der Waals surface area contributed by atoms with E-state index in [1.807, 2.05) is 6.20 Å². The molecule has 0 radical (unpaired) electrons. The lowest BCUT2D eigenvalue weighted by molar-refractivity contribution is 0.295. The van der Waals surface area contributed by atoms with Gasteiger partial charge in [-0.05, 0) is 13.1 Å². The standard InChI is InChI=1S/C9H16N2S2/c1-3-11(4-2)6-9-10-5-8(7-12)13-9/h5,12H,3-4,6-7H2,1-2H3. The summed E-state index contributed by atoms with van der Waals surface area (Å²) in [7, 11) is 0. The summed E-state index contributed by atoms with van der Waals surface area (Å²) in [6.45, 7) is 7.51. The maximum atomic E-state index is 4.35. The van der Waals surface area contributed by atoms with Crippen molar-refractivity contribution in [3.63, 3.8) is 0 Å². The van der Waals surface area contributed by atoms with Crippen LogP contribution >= 0.6 is 24.0 Å². The number of thiazole rings is 1. The van der Waals surface area contributed by atoms with Crippen molar-refractivity contribution in [2.45, 2.75) is 26.1 Å². The van der Waals surface area contributed by atoms with E-state index in [0.29, 0.717) is 0 Å². The van der Waals surface area contributed by atoms with Crippen LogP contribution in [0.15, 0.2) is 6.20 Å². The largest absolute Gasteiger partial charge is 0.297 e. The molecular weight excluding hydrogens is 200 g/mol. The summed E-state index contributed by atoms with van der Waals surface area (Å²) in [5.41, 5.74) is 0. The Morgan fingerprint density at radius 1 is 1.46 bits per heavy atom. The molecule has 0 N–H and O–H groups in total. The average Bonchev–Trinajstić information content (AvgIpc) is 2.61. The number of thiol groups is 1. The van der Waals surface area contributed by atoms with E-state index in [-0.39, 0.29) is 0 Å². The molecule has 1 heterocycles. The molecule has 13 heavy (non-hydrogen) atoms. The third-order valence-electron chi connectivity index (χ3n) is 2.01. The molecule has 0 bridgehead atoms. The van der Waals surface area contributed by atoms with E-state index in [0.717, 1.165) is 25.4 Å². The zero-order valence-corrected chi connectivity index (χ0v) is 9.87. The first-order chi connectivity index (χ1) is 6.30. The van der Waals surface area contributed by atoms with Gasteiger partial charge in [0.2, 0.25) is 0 Å². The van der Waals surface area contributed by atoms with Gasteiger partial charge in [-0.25, -0.2) is 4.98 Å². The fourth-order valence-electron chi connectivity index (χ4n) is 1.13. The topological polar surface area (TPSA) is 16.1 Å². The van der Waals surface area contributed by atoms with Crippen molar-refractivity contribution in [2.24, 2.45) is 0 Å². The SMILES string of the molecule is CCN(CC)Cc1ncc(CS)s1. The minimum atomic E-state index is 0.802. The van der Waals surface area contributed by atoms with Crippen molar-refractivity contribution < 1.29 is 0 Å². The van der Waals surface area contributed by atoms with E-state index < -0.39 is 0 Å². The lowest BCUT2D eigenvalue weighted by atomic mass is 10.5. The second kappa shape index (κ2) is 5.62. The first-order valence-electron chi connectivity index (χ1n) is 4.56. The smallest absolute Gasteiger partial charge is 0.107 e. The molecule has 0 spiro atoms. The van der Waals surface area contributed by atoms with Crippen molar-refractivity contribution in [1.82, 2.24) is 9.88 Å². The van der Waals surface area contributed by atoms with Gasteiger partial charge in [0, 0.05) is 16.8 Å². The second-order valence-electron chi connectivity index (χ2n) is 2.84. The minimum Gasteiger partial charge on any atom is -0.297 e. The van der Waals surface area contributed by atoms with Gasteiger partial charge in [0.1, 0.15) is 5.01 Å². The Morgan fingerprint density at radius 3 is 2.62 bits per heavy atom. The third-order valence-corrected chi connectivity index (χ3v) is 3.55. The van der Waals surface area contributed by atoms with Gasteiger partial charge in [0.05, 0.1) is 6.54 Å². The summed E-state index contributed by atoms with van der Waals surface area (Å²) in [4.78, 5) is 7.97. The van der Waals surface area contributed by atoms with Crippen LogP contribution in [0.3, 0.4) is 0 Å². The zero-order chi connectivity index (χ0) is 9.68. The van der Waals surface area contributed by atoms with Crippen LogP contribution in [0.2, 0.25) is 0 Å². The minimum absolute atomic E-state index is 0.802.